The lowest BCUT2D eigenvalue weighted by atomic mass is 10.1. The Morgan fingerprint density at radius 1 is 1.11 bits per heavy atom. The number of para-hydroxylation sites is 1. The number of non-ortho nitro benzene ring substituents is 1. The molecule has 2 rings (SSSR count). The molecule has 7 nitrogen and oxygen atoms in total. The lowest BCUT2D eigenvalue weighted by Gasteiger charge is -2.18. The van der Waals surface area contributed by atoms with E-state index in [1.807, 2.05) is 32.0 Å². The molecule has 0 radical (unpaired) electrons. The first-order valence-corrected chi connectivity index (χ1v) is 9.23. The second kappa shape index (κ2) is 9.18. The number of nitrogens with zero attached hydrogens (tertiary/aromatic N) is 2. The first kappa shape index (κ1) is 20.4. The van der Waals surface area contributed by atoms with Crippen molar-refractivity contribution >= 4 is 35.0 Å². The third-order valence-corrected chi connectivity index (χ3v) is 4.96. The summed E-state index contributed by atoms with van der Waals surface area (Å²) in [6, 6.07) is 11.7. The van der Waals surface area contributed by atoms with E-state index >= 15 is 0 Å². The maximum atomic E-state index is 12.2. The highest BCUT2D eigenvalue weighted by Crippen LogP contribution is 2.22. The molecule has 0 saturated carbocycles. The number of likely N-dealkylation sites (N-methyl/N-ethyl adjacent to an activating group) is 1. The average Bonchev–Trinajstić information content (AvgIpc) is 2.63. The average molecular weight is 387 g/mol. The van der Waals surface area contributed by atoms with Gasteiger partial charge in [-0.2, -0.15) is 0 Å². The van der Waals surface area contributed by atoms with Crippen molar-refractivity contribution in [3.63, 3.8) is 0 Å². The van der Waals surface area contributed by atoms with E-state index in [1.54, 1.807) is 19.2 Å². The van der Waals surface area contributed by atoms with Crippen LogP contribution in [-0.4, -0.2) is 41.0 Å². The van der Waals surface area contributed by atoms with Crippen LogP contribution in [0.2, 0.25) is 0 Å². The van der Waals surface area contributed by atoms with Crippen molar-refractivity contribution in [2.75, 3.05) is 24.7 Å². The topological polar surface area (TPSA) is 92.6 Å². The summed E-state index contributed by atoms with van der Waals surface area (Å²) >= 11 is 1.27. The molecule has 8 heteroatoms. The molecule has 2 aromatic rings. The number of aryl methyl sites for hydroxylation is 2. The van der Waals surface area contributed by atoms with Crippen LogP contribution in [0, 0.1) is 24.0 Å². The van der Waals surface area contributed by atoms with Crippen molar-refractivity contribution in [2.45, 2.75) is 18.7 Å². The fourth-order valence-electron chi connectivity index (χ4n) is 2.41. The van der Waals surface area contributed by atoms with Crippen LogP contribution >= 0.6 is 11.8 Å². The minimum atomic E-state index is -0.470. The molecule has 0 aromatic heterocycles. The normalized spacial score (nSPS) is 10.3. The largest absolute Gasteiger partial charge is 0.336 e. The molecular weight excluding hydrogens is 366 g/mol. The number of carbonyl (C=O) groups is 2. The number of rotatable bonds is 7. The Kier molecular flexibility index (Phi) is 6.95. The third-order valence-electron chi connectivity index (χ3n) is 3.96. The fraction of sp³-hybridized carbons (Fsp3) is 0.263. The van der Waals surface area contributed by atoms with Crippen LogP contribution in [0.5, 0.6) is 0 Å². The van der Waals surface area contributed by atoms with Gasteiger partial charge in [0.25, 0.3) is 5.69 Å². The van der Waals surface area contributed by atoms with Crippen molar-refractivity contribution in [3.8, 4) is 0 Å². The van der Waals surface area contributed by atoms with E-state index in [0.29, 0.717) is 0 Å². The first-order chi connectivity index (χ1) is 12.8. The van der Waals surface area contributed by atoms with E-state index < -0.39 is 4.92 Å². The van der Waals surface area contributed by atoms with Gasteiger partial charge in [-0.25, -0.2) is 0 Å². The van der Waals surface area contributed by atoms with E-state index in [2.05, 4.69) is 5.32 Å². The number of benzene rings is 2. The van der Waals surface area contributed by atoms with Crippen LogP contribution in [0.4, 0.5) is 11.4 Å². The number of hydrogen-bond acceptors (Lipinski definition) is 5. The molecule has 1 N–H and O–H groups in total. The Morgan fingerprint density at radius 2 is 1.70 bits per heavy atom. The second-order valence-corrected chi connectivity index (χ2v) is 7.15. The van der Waals surface area contributed by atoms with E-state index in [1.165, 1.54) is 28.8 Å². The van der Waals surface area contributed by atoms with Gasteiger partial charge in [0.2, 0.25) is 11.8 Å². The zero-order chi connectivity index (χ0) is 20.0. The summed E-state index contributed by atoms with van der Waals surface area (Å²) in [6.07, 6.45) is 0. The molecule has 0 spiro atoms. The van der Waals surface area contributed by atoms with Crippen molar-refractivity contribution in [2.24, 2.45) is 0 Å². The van der Waals surface area contributed by atoms with Gasteiger partial charge in [0.05, 0.1) is 17.2 Å². The molecule has 0 unspecified atom stereocenters. The summed E-state index contributed by atoms with van der Waals surface area (Å²) in [5.41, 5.74) is 2.70. The molecule has 0 heterocycles. The fourth-order valence-corrected chi connectivity index (χ4v) is 3.25. The lowest BCUT2D eigenvalue weighted by molar-refractivity contribution is -0.384. The van der Waals surface area contributed by atoms with Gasteiger partial charge in [-0.3, -0.25) is 19.7 Å². The van der Waals surface area contributed by atoms with Crippen molar-refractivity contribution in [1.29, 1.82) is 0 Å². The SMILES string of the molecule is Cc1cccc(C)c1NC(=O)CN(C)C(=O)CSc1ccc([N+](=O)[O-])cc1. The Hall–Kier alpha value is -2.87. The van der Waals surface area contributed by atoms with Gasteiger partial charge in [0.1, 0.15) is 0 Å². The third kappa shape index (κ3) is 5.82. The van der Waals surface area contributed by atoms with Gasteiger partial charge in [-0.05, 0) is 37.1 Å². The van der Waals surface area contributed by atoms with E-state index in [0.717, 1.165) is 21.7 Å². The van der Waals surface area contributed by atoms with Gasteiger partial charge < -0.3 is 10.2 Å². The van der Waals surface area contributed by atoms with Gasteiger partial charge in [0.15, 0.2) is 0 Å². The molecule has 27 heavy (non-hydrogen) atoms. The number of thioether (sulfide) groups is 1. The molecule has 0 fully saturated rings. The number of nitro groups is 1. The molecule has 0 aliphatic heterocycles. The monoisotopic (exact) mass is 387 g/mol. The summed E-state index contributed by atoms with van der Waals surface area (Å²) in [6.45, 7) is 3.78. The van der Waals surface area contributed by atoms with Crippen molar-refractivity contribution in [3.05, 3.63) is 63.7 Å². The summed E-state index contributed by atoms with van der Waals surface area (Å²) in [4.78, 5) is 36.7. The molecule has 0 atom stereocenters. The minimum Gasteiger partial charge on any atom is -0.336 e. The summed E-state index contributed by atoms with van der Waals surface area (Å²) in [5.74, 6) is -0.316. The number of anilines is 1. The van der Waals surface area contributed by atoms with E-state index in [4.69, 9.17) is 0 Å². The van der Waals surface area contributed by atoms with Gasteiger partial charge in [-0.15, -0.1) is 11.8 Å². The standard InChI is InChI=1S/C19H21N3O4S/c1-13-5-4-6-14(2)19(13)20-17(23)11-21(3)18(24)12-27-16-9-7-15(8-10-16)22(25)26/h4-10H,11-12H2,1-3H3,(H,20,23). The number of nitro benzene ring substituents is 1. The summed E-state index contributed by atoms with van der Waals surface area (Å²) < 4.78 is 0. The molecule has 0 bridgehead atoms. The van der Waals surface area contributed by atoms with Gasteiger partial charge >= 0.3 is 0 Å². The number of nitrogens with one attached hydrogen (secondary N) is 1. The summed E-state index contributed by atoms with van der Waals surface area (Å²) in [5, 5.41) is 13.5. The predicted octanol–water partition coefficient (Wildman–Crippen LogP) is 3.40. The number of amides is 2. The number of carbonyl (C=O) groups excluding carboxylic acids is 2. The van der Waals surface area contributed by atoms with Crippen LogP contribution in [0.3, 0.4) is 0 Å². The molecular formula is C19H21N3O4S. The zero-order valence-electron chi connectivity index (χ0n) is 15.4. The highest BCUT2D eigenvalue weighted by Gasteiger charge is 2.15. The zero-order valence-corrected chi connectivity index (χ0v) is 16.2. The highest BCUT2D eigenvalue weighted by atomic mass is 32.2. The van der Waals surface area contributed by atoms with Crippen molar-refractivity contribution in [1.82, 2.24) is 4.90 Å². The van der Waals surface area contributed by atoms with Crippen LogP contribution in [0.1, 0.15) is 11.1 Å². The molecule has 142 valence electrons. The molecule has 0 aliphatic carbocycles. The van der Waals surface area contributed by atoms with E-state index in [-0.39, 0.29) is 29.8 Å². The first-order valence-electron chi connectivity index (χ1n) is 8.25. The molecule has 0 saturated heterocycles. The maximum Gasteiger partial charge on any atom is 0.269 e. The van der Waals surface area contributed by atoms with Crippen LogP contribution < -0.4 is 5.32 Å². The Bertz CT molecular complexity index is 832. The van der Waals surface area contributed by atoms with Crippen LogP contribution in [0.15, 0.2) is 47.4 Å². The molecule has 0 aliphatic rings. The van der Waals surface area contributed by atoms with Crippen molar-refractivity contribution < 1.29 is 14.5 Å². The lowest BCUT2D eigenvalue weighted by Crippen LogP contribution is -2.36. The van der Waals surface area contributed by atoms with Crippen LogP contribution in [0.25, 0.3) is 0 Å². The Balaban J connectivity index is 1.86. The highest BCUT2D eigenvalue weighted by molar-refractivity contribution is 8.00. The Morgan fingerprint density at radius 3 is 2.26 bits per heavy atom. The molecule has 2 aromatic carbocycles. The van der Waals surface area contributed by atoms with E-state index in [9.17, 15) is 19.7 Å². The summed E-state index contributed by atoms with van der Waals surface area (Å²) in [7, 11) is 1.57. The van der Waals surface area contributed by atoms with Crippen LogP contribution in [-0.2, 0) is 9.59 Å². The maximum absolute atomic E-state index is 12.2. The smallest absolute Gasteiger partial charge is 0.269 e. The van der Waals surface area contributed by atoms with Gasteiger partial charge in [0, 0.05) is 29.8 Å². The Labute approximate surface area is 161 Å². The minimum absolute atomic E-state index is 0.00552. The predicted molar refractivity (Wildman–Crippen MR) is 106 cm³/mol. The quantitative estimate of drug-likeness (QED) is 0.446. The molecule has 2 amide bonds. The second-order valence-electron chi connectivity index (χ2n) is 6.10. The van der Waals surface area contributed by atoms with Gasteiger partial charge in [-0.1, -0.05) is 18.2 Å². The number of hydrogen-bond donors (Lipinski definition) is 1.